The summed E-state index contributed by atoms with van der Waals surface area (Å²) >= 11 is 0. The Morgan fingerprint density at radius 3 is 2.39 bits per heavy atom. The summed E-state index contributed by atoms with van der Waals surface area (Å²) in [5.74, 6) is -3.40. The number of aromatic nitrogens is 3. The number of nitrogens with zero attached hydrogens (tertiary/aromatic N) is 1. The first-order valence-electron chi connectivity index (χ1n) is 11.2. The maximum atomic E-state index is 13.3. The highest BCUT2D eigenvalue weighted by Crippen LogP contribution is 2.19. The van der Waals surface area contributed by atoms with Crippen LogP contribution in [0, 0.1) is 0 Å². The number of benzene rings is 1. The van der Waals surface area contributed by atoms with Crippen molar-refractivity contribution >= 4 is 34.6 Å². The number of rotatable bonds is 12. The van der Waals surface area contributed by atoms with Crippen molar-refractivity contribution in [2.45, 2.75) is 44.0 Å². The lowest BCUT2D eigenvalue weighted by molar-refractivity contribution is -0.138. The van der Waals surface area contributed by atoms with Gasteiger partial charge in [-0.3, -0.25) is 19.2 Å². The highest BCUT2D eigenvalue weighted by Gasteiger charge is 2.30. The molecule has 192 valence electrons. The van der Waals surface area contributed by atoms with E-state index in [0.29, 0.717) is 5.69 Å². The van der Waals surface area contributed by atoms with E-state index in [1.54, 1.807) is 6.20 Å². The number of carbonyl (C=O) groups is 4. The molecule has 0 fully saturated rings. The number of aliphatic hydroxyl groups is 1. The summed E-state index contributed by atoms with van der Waals surface area (Å²) in [4.78, 5) is 59.4. The van der Waals surface area contributed by atoms with Crippen molar-refractivity contribution in [2.24, 2.45) is 5.73 Å². The van der Waals surface area contributed by atoms with E-state index < -0.39 is 54.5 Å². The summed E-state index contributed by atoms with van der Waals surface area (Å²) in [6, 6.07) is 3.80. The lowest BCUT2D eigenvalue weighted by Crippen LogP contribution is -2.58. The van der Waals surface area contributed by atoms with Gasteiger partial charge in [0.2, 0.25) is 17.7 Å². The number of nitrogens with one attached hydrogen (secondary N) is 5. The van der Waals surface area contributed by atoms with Gasteiger partial charge in [-0.05, 0) is 18.6 Å². The summed E-state index contributed by atoms with van der Waals surface area (Å²) in [6.45, 7) is 0.717. The zero-order chi connectivity index (χ0) is 26.2. The van der Waals surface area contributed by atoms with Crippen LogP contribution in [0.5, 0.6) is 0 Å². The molecule has 9 N–H and O–H groups in total. The summed E-state index contributed by atoms with van der Waals surface area (Å²) in [5, 5.41) is 26.9. The second kappa shape index (κ2) is 12.0. The SMILES string of the molecule is CC(O)C(N)C(=O)NC(Cc1cnc[nH]1)C(=O)NC(Cc1c[nH]c2ccccc12)C(=O)NCC(=O)O. The average molecular weight is 500 g/mol. The molecule has 0 saturated heterocycles. The van der Waals surface area contributed by atoms with Gasteiger partial charge in [0, 0.05) is 41.8 Å². The van der Waals surface area contributed by atoms with Crippen LogP contribution >= 0.6 is 0 Å². The van der Waals surface area contributed by atoms with E-state index in [-0.39, 0.29) is 12.8 Å². The smallest absolute Gasteiger partial charge is 0.322 e. The van der Waals surface area contributed by atoms with Crippen molar-refractivity contribution in [3.05, 3.63) is 54.2 Å². The second-order valence-electron chi connectivity index (χ2n) is 8.34. The van der Waals surface area contributed by atoms with E-state index in [0.717, 1.165) is 16.5 Å². The maximum absolute atomic E-state index is 13.3. The first-order valence-corrected chi connectivity index (χ1v) is 11.2. The van der Waals surface area contributed by atoms with E-state index in [4.69, 9.17) is 10.8 Å². The number of carboxylic acids is 1. The predicted molar refractivity (Wildman–Crippen MR) is 128 cm³/mol. The van der Waals surface area contributed by atoms with Gasteiger partial charge in [-0.1, -0.05) is 18.2 Å². The molecule has 3 rings (SSSR count). The zero-order valence-corrected chi connectivity index (χ0v) is 19.5. The van der Waals surface area contributed by atoms with E-state index in [1.807, 2.05) is 24.3 Å². The van der Waals surface area contributed by atoms with E-state index >= 15 is 0 Å². The Hall–Kier alpha value is -4.23. The molecule has 4 atom stereocenters. The Morgan fingerprint density at radius 2 is 1.72 bits per heavy atom. The largest absolute Gasteiger partial charge is 0.480 e. The van der Waals surface area contributed by atoms with Gasteiger partial charge in [0.25, 0.3) is 0 Å². The number of carboxylic acid groups (broad SMARTS) is 1. The number of aromatic amines is 2. The molecular weight excluding hydrogens is 470 g/mol. The van der Waals surface area contributed by atoms with Crippen LogP contribution in [0.25, 0.3) is 10.9 Å². The van der Waals surface area contributed by atoms with Crippen molar-refractivity contribution < 1.29 is 29.4 Å². The fraction of sp³-hybridized carbons (Fsp3) is 0.348. The molecule has 0 saturated carbocycles. The number of fused-ring (bicyclic) bond motifs is 1. The molecule has 2 aromatic heterocycles. The normalized spacial score (nSPS) is 14.4. The van der Waals surface area contributed by atoms with Crippen LogP contribution in [0.2, 0.25) is 0 Å². The van der Waals surface area contributed by atoms with Gasteiger partial charge in [0.15, 0.2) is 0 Å². The number of hydrogen-bond donors (Lipinski definition) is 8. The van der Waals surface area contributed by atoms with E-state index in [2.05, 4.69) is 30.9 Å². The number of aliphatic hydroxyl groups excluding tert-OH is 1. The molecule has 0 aliphatic heterocycles. The molecule has 0 spiro atoms. The summed E-state index contributed by atoms with van der Waals surface area (Å²) in [5.41, 5.74) is 7.80. The quantitative estimate of drug-likeness (QED) is 0.147. The van der Waals surface area contributed by atoms with E-state index in [1.165, 1.54) is 19.4 Å². The Morgan fingerprint density at radius 1 is 1.03 bits per heavy atom. The van der Waals surface area contributed by atoms with Crippen LogP contribution < -0.4 is 21.7 Å². The van der Waals surface area contributed by atoms with Crippen molar-refractivity contribution in [1.82, 2.24) is 30.9 Å². The molecule has 0 bridgehead atoms. The van der Waals surface area contributed by atoms with Gasteiger partial charge in [0.1, 0.15) is 24.7 Å². The molecule has 0 aliphatic carbocycles. The van der Waals surface area contributed by atoms with Gasteiger partial charge in [0.05, 0.1) is 12.4 Å². The predicted octanol–water partition coefficient (Wildman–Crippen LogP) is -1.45. The molecule has 36 heavy (non-hydrogen) atoms. The topological polar surface area (TPSA) is 215 Å². The second-order valence-corrected chi connectivity index (χ2v) is 8.34. The molecule has 13 nitrogen and oxygen atoms in total. The first-order chi connectivity index (χ1) is 17.2. The summed E-state index contributed by atoms with van der Waals surface area (Å²) in [6.07, 6.45) is 3.49. The minimum Gasteiger partial charge on any atom is -0.480 e. The molecule has 0 aliphatic rings. The third kappa shape index (κ3) is 6.90. The van der Waals surface area contributed by atoms with Gasteiger partial charge < -0.3 is 41.9 Å². The fourth-order valence-electron chi connectivity index (χ4n) is 3.60. The van der Waals surface area contributed by atoms with Crippen molar-refractivity contribution in [2.75, 3.05) is 6.54 Å². The number of H-pyrrole nitrogens is 2. The van der Waals surface area contributed by atoms with Gasteiger partial charge in [-0.25, -0.2) is 4.98 Å². The molecule has 2 heterocycles. The Kier molecular flexibility index (Phi) is 8.76. The Labute approximate surface area is 205 Å². The van der Waals surface area contributed by atoms with Crippen LogP contribution in [-0.4, -0.2) is 79.6 Å². The Balaban J connectivity index is 1.83. The maximum Gasteiger partial charge on any atom is 0.322 e. The summed E-state index contributed by atoms with van der Waals surface area (Å²) < 4.78 is 0. The van der Waals surface area contributed by atoms with Crippen LogP contribution in [0.4, 0.5) is 0 Å². The number of aliphatic carboxylic acids is 1. The number of nitrogens with two attached hydrogens (primary N) is 1. The Bertz CT molecular complexity index is 1210. The molecule has 0 radical (unpaired) electrons. The highest BCUT2D eigenvalue weighted by atomic mass is 16.4. The minimum atomic E-state index is -1.28. The van der Waals surface area contributed by atoms with Crippen molar-refractivity contribution in [1.29, 1.82) is 0 Å². The van der Waals surface area contributed by atoms with Gasteiger partial charge >= 0.3 is 5.97 Å². The lowest BCUT2D eigenvalue weighted by atomic mass is 10.0. The molecule has 13 heteroatoms. The number of amides is 3. The highest BCUT2D eigenvalue weighted by molar-refractivity contribution is 5.94. The molecule has 4 unspecified atom stereocenters. The fourth-order valence-corrected chi connectivity index (χ4v) is 3.60. The molecule has 3 amide bonds. The zero-order valence-electron chi connectivity index (χ0n) is 19.5. The first kappa shape index (κ1) is 26.4. The van der Waals surface area contributed by atoms with Gasteiger partial charge in [-0.15, -0.1) is 0 Å². The van der Waals surface area contributed by atoms with Crippen LogP contribution in [-0.2, 0) is 32.0 Å². The standard InChI is InChI=1S/C23H29N7O6/c1-12(31)20(24)23(36)30-18(7-14-9-25-11-28-14)22(35)29-17(21(34)27-10-19(32)33)6-13-8-26-16-5-3-2-4-15(13)16/h2-5,8-9,11-12,17-18,20,26,31H,6-7,10,24H2,1H3,(H,25,28)(H,27,34)(H,29,35)(H,30,36)(H,32,33). The molecular formula is C23H29N7O6. The minimum absolute atomic E-state index is 0.000648. The number of para-hydroxylation sites is 1. The van der Waals surface area contributed by atoms with Crippen molar-refractivity contribution in [3.8, 4) is 0 Å². The third-order valence-corrected chi connectivity index (χ3v) is 5.58. The van der Waals surface area contributed by atoms with Crippen LogP contribution in [0.15, 0.2) is 43.0 Å². The van der Waals surface area contributed by atoms with Crippen molar-refractivity contribution in [3.63, 3.8) is 0 Å². The third-order valence-electron chi connectivity index (χ3n) is 5.58. The number of imidazole rings is 1. The van der Waals surface area contributed by atoms with Gasteiger partial charge in [-0.2, -0.15) is 0 Å². The average Bonchev–Trinajstić information content (AvgIpc) is 3.51. The van der Waals surface area contributed by atoms with Crippen LogP contribution in [0.1, 0.15) is 18.2 Å². The number of hydrogen-bond acceptors (Lipinski definition) is 7. The number of carbonyl (C=O) groups excluding carboxylic acids is 3. The molecule has 1 aromatic carbocycles. The lowest BCUT2D eigenvalue weighted by Gasteiger charge is -2.24. The molecule has 3 aromatic rings. The van der Waals surface area contributed by atoms with E-state index in [9.17, 15) is 24.3 Å². The van der Waals surface area contributed by atoms with Crippen LogP contribution in [0.3, 0.4) is 0 Å². The summed E-state index contributed by atoms with van der Waals surface area (Å²) in [7, 11) is 0. The monoisotopic (exact) mass is 499 g/mol.